The Morgan fingerprint density at radius 3 is 2.67 bits per heavy atom. The summed E-state index contributed by atoms with van der Waals surface area (Å²) >= 11 is 1.35. The van der Waals surface area contributed by atoms with Crippen LogP contribution in [0.15, 0.2) is 0 Å². The van der Waals surface area contributed by atoms with Gasteiger partial charge in [0.2, 0.25) is 5.95 Å². The Bertz CT molecular complexity index is 347. The predicted molar refractivity (Wildman–Crippen MR) is 59.9 cm³/mol. The minimum absolute atomic E-state index is 0.380. The Morgan fingerprint density at radius 1 is 1.27 bits per heavy atom. The Labute approximate surface area is 93.7 Å². The van der Waals surface area contributed by atoms with Crippen LogP contribution in [0, 0.1) is 11.3 Å². The topological polar surface area (TPSA) is 52.8 Å². The van der Waals surface area contributed by atoms with E-state index >= 15 is 0 Å². The second-order valence-electron chi connectivity index (χ2n) is 3.72. The van der Waals surface area contributed by atoms with Gasteiger partial charge in [0.05, 0.1) is 12.5 Å². The minimum atomic E-state index is 0.380. The molecule has 1 saturated heterocycles. The van der Waals surface area contributed by atoms with E-state index in [1.54, 1.807) is 0 Å². The van der Waals surface area contributed by atoms with Gasteiger partial charge in [-0.2, -0.15) is 9.64 Å². The van der Waals surface area contributed by atoms with Gasteiger partial charge in [0.1, 0.15) is 5.01 Å². The molecule has 1 fully saturated rings. The Morgan fingerprint density at radius 2 is 2.00 bits per heavy atom. The lowest BCUT2D eigenvalue weighted by Crippen LogP contribution is -2.24. The van der Waals surface area contributed by atoms with Crippen LogP contribution >= 0.6 is 11.5 Å². The van der Waals surface area contributed by atoms with Crippen LogP contribution in [-0.4, -0.2) is 22.4 Å². The smallest absolute Gasteiger partial charge is 0.237 e. The maximum absolute atomic E-state index is 8.56. The molecule has 0 aromatic carbocycles. The SMILES string of the molecule is N#CCc1nc(N2CCCCCC2)ns1. The fourth-order valence-electron chi connectivity index (χ4n) is 1.78. The summed E-state index contributed by atoms with van der Waals surface area (Å²) in [5.74, 6) is 0.826. The van der Waals surface area contributed by atoms with Crippen molar-refractivity contribution in [3.05, 3.63) is 5.01 Å². The Balaban J connectivity index is 2.04. The van der Waals surface area contributed by atoms with E-state index in [0.29, 0.717) is 6.42 Å². The van der Waals surface area contributed by atoms with Crippen LogP contribution in [0.1, 0.15) is 30.7 Å². The van der Waals surface area contributed by atoms with E-state index in [9.17, 15) is 0 Å². The van der Waals surface area contributed by atoms with Gasteiger partial charge in [-0.3, -0.25) is 0 Å². The molecule has 1 aliphatic heterocycles. The van der Waals surface area contributed by atoms with E-state index in [4.69, 9.17) is 5.26 Å². The van der Waals surface area contributed by atoms with Crippen LogP contribution in [0.25, 0.3) is 0 Å². The van der Waals surface area contributed by atoms with Gasteiger partial charge >= 0.3 is 0 Å². The second-order valence-corrected chi connectivity index (χ2v) is 4.56. The maximum Gasteiger partial charge on any atom is 0.237 e. The van der Waals surface area contributed by atoms with Crippen LogP contribution in [0.3, 0.4) is 0 Å². The molecule has 1 aromatic rings. The summed E-state index contributed by atoms with van der Waals surface area (Å²) in [5, 5.41) is 9.39. The third-order valence-electron chi connectivity index (χ3n) is 2.58. The van der Waals surface area contributed by atoms with Gasteiger partial charge in [-0.15, -0.1) is 0 Å². The van der Waals surface area contributed by atoms with Crippen LogP contribution < -0.4 is 4.90 Å². The first-order chi connectivity index (χ1) is 7.40. The lowest BCUT2D eigenvalue weighted by atomic mass is 10.2. The number of anilines is 1. The van der Waals surface area contributed by atoms with Gasteiger partial charge in [-0.05, 0) is 24.4 Å². The van der Waals surface area contributed by atoms with E-state index in [0.717, 1.165) is 24.0 Å². The highest BCUT2D eigenvalue weighted by molar-refractivity contribution is 7.05. The molecule has 0 radical (unpaired) electrons. The molecule has 0 bridgehead atoms. The van der Waals surface area contributed by atoms with Crippen molar-refractivity contribution in [2.45, 2.75) is 32.1 Å². The van der Waals surface area contributed by atoms with Gasteiger partial charge in [0.15, 0.2) is 0 Å². The molecule has 80 valence electrons. The molecule has 0 spiro atoms. The quantitative estimate of drug-likeness (QED) is 0.768. The molecule has 0 aliphatic carbocycles. The van der Waals surface area contributed by atoms with Crippen molar-refractivity contribution >= 4 is 17.5 Å². The fourth-order valence-corrected chi connectivity index (χ4v) is 2.38. The van der Waals surface area contributed by atoms with Crippen LogP contribution in [0.2, 0.25) is 0 Å². The van der Waals surface area contributed by atoms with Gasteiger partial charge < -0.3 is 4.90 Å². The summed E-state index contributed by atoms with van der Waals surface area (Å²) < 4.78 is 4.31. The highest BCUT2D eigenvalue weighted by Crippen LogP contribution is 2.18. The van der Waals surface area contributed by atoms with Crippen molar-refractivity contribution in [2.75, 3.05) is 18.0 Å². The van der Waals surface area contributed by atoms with E-state index in [2.05, 4.69) is 20.3 Å². The maximum atomic E-state index is 8.56. The number of aromatic nitrogens is 2. The van der Waals surface area contributed by atoms with Crippen molar-refractivity contribution < 1.29 is 0 Å². The van der Waals surface area contributed by atoms with Crippen molar-refractivity contribution in [1.82, 2.24) is 9.36 Å². The number of hydrogen-bond acceptors (Lipinski definition) is 5. The number of rotatable bonds is 2. The average Bonchev–Trinajstić information content (AvgIpc) is 2.53. The molecule has 15 heavy (non-hydrogen) atoms. The summed E-state index contributed by atoms with van der Waals surface area (Å²) in [6, 6.07) is 2.10. The minimum Gasteiger partial charge on any atom is -0.340 e. The zero-order chi connectivity index (χ0) is 10.5. The van der Waals surface area contributed by atoms with Gasteiger partial charge in [0.25, 0.3) is 0 Å². The molecule has 5 heteroatoms. The first-order valence-electron chi connectivity index (χ1n) is 5.34. The molecule has 0 amide bonds. The number of nitrogens with zero attached hydrogens (tertiary/aromatic N) is 4. The first kappa shape index (κ1) is 10.4. The molecule has 0 N–H and O–H groups in total. The Hall–Kier alpha value is -1.15. The summed E-state index contributed by atoms with van der Waals surface area (Å²) in [4.78, 5) is 6.62. The lowest BCUT2D eigenvalue weighted by Gasteiger charge is -2.17. The zero-order valence-electron chi connectivity index (χ0n) is 8.65. The average molecular weight is 222 g/mol. The van der Waals surface area contributed by atoms with E-state index < -0.39 is 0 Å². The molecule has 0 atom stereocenters. The summed E-state index contributed by atoms with van der Waals surface area (Å²) in [6.07, 6.45) is 5.46. The van der Waals surface area contributed by atoms with Gasteiger partial charge in [-0.25, -0.2) is 4.98 Å². The molecule has 0 saturated carbocycles. The highest BCUT2D eigenvalue weighted by atomic mass is 32.1. The fraction of sp³-hybridized carbons (Fsp3) is 0.700. The molecule has 4 nitrogen and oxygen atoms in total. The van der Waals surface area contributed by atoms with Crippen LogP contribution in [-0.2, 0) is 6.42 Å². The molecule has 0 unspecified atom stereocenters. The predicted octanol–water partition coefficient (Wildman–Crippen LogP) is 1.98. The standard InChI is InChI=1S/C10H14N4S/c11-6-5-9-12-10(13-15-9)14-7-3-1-2-4-8-14/h1-5,7-8H2. The van der Waals surface area contributed by atoms with Crippen LogP contribution in [0.5, 0.6) is 0 Å². The number of hydrogen-bond donors (Lipinski definition) is 0. The molecule has 2 heterocycles. The molecular formula is C10H14N4S. The van der Waals surface area contributed by atoms with Crippen LogP contribution in [0.4, 0.5) is 5.95 Å². The lowest BCUT2D eigenvalue weighted by molar-refractivity contribution is 0.726. The van der Waals surface area contributed by atoms with Crippen molar-refractivity contribution in [1.29, 1.82) is 5.26 Å². The third kappa shape index (κ3) is 2.66. The van der Waals surface area contributed by atoms with E-state index in [1.165, 1.54) is 37.2 Å². The molecule has 2 rings (SSSR count). The van der Waals surface area contributed by atoms with Crippen molar-refractivity contribution in [3.63, 3.8) is 0 Å². The molecule has 1 aromatic heterocycles. The van der Waals surface area contributed by atoms with E-state index in [1.807, 2.05) is 0 Å². The molecular weight excluding hydrogens is 208 g/mol. The summed E-state index contributed by atoms with van der Waals surface area (Å²) in [6.45, 7) is 2.12. The van der Waals surface area contributed by atoms with Crippen molar-refractivity contribution in [3.8, 4) is 6.07 Å². The monoisotopic (exact) mass is 222 g/mol. The third-order valence-corrected chi connectivity index (χ3v) is 3.28. The first-order valence-corrected chi connectivity index (χ1v) is 6.12. The van der Waals surface area contributed by atoms with Gasteiger partial charge in [0, 0.05) is 13.1 Å². The number of nitriles is 1. The molecule has 1 aliphatic rings. The van der Waals surface area contributed by atoms with Gasteiger partial charge in [-0.1, -0.05) is 12.8 Å². The largest absolute Gasteiger partial charge is 0.340 e. The summed E-state index contributed by atoms with van der Waals surface area (Å²) in [7, 11) is 0. The normalized spacial score (nSPS) is 17.1. The zero-order valence-corrected chi connectivity index (χ0v) is 9.46. The highest BCUT2D eigenvalue weighted by Gasteiger charge is 2.14. The van der Waals surface area contributed by atoms with Crippen molar-refractivity contribution in [2.24, 2.45) is 0 Å². The Kier molecular flexibility index (Phi) is 3.51. The second kappa shape index (κ2) is 5.08. The van der Waals surface area contributed by atoms with E-state index in [-0.39, 0.29) is 0 Å². The summed E-state index contributed by atoms with van der Waals surface area (Å²) in [5.41, 5.74) is 0.